The van der Waals surface area contributed by atoms with Crippen molar-refractivity contribution in [3.05, 3.63) is 41.5 Å². The van der Waals surface area contributed by atoms with Gasteiger partial charge in [0.05, 0.1) is 27.9 Å². The fourth-order valence-corrected chi connectivity index (χ4v) is 2.90. The van der Waals surface area contributed by atoms with Gasteiger partial charge >= 0.3 is 0 Å². The summed E-state index contributed by atoms with van der Waals surface area (Å²) in [5.41, 5.74) is 4.36. The fraction of sp³-hybridized carbons (Fsp3) is 0.409. The number of methoxy groups -OCH3 is 3. The molecule has 0 fully saturated rings. The van der Waals surface area contributed by atoms with Crippen molar-refractivity contribution in [3.8, 4) is 17.2 Å². The molecule has 2 N–H and O–H groups in total. The van der Waals surface area contributed by atoms with Crippen LogP contribution in [0.15, 0.2) is 35.3 Å². The Bertz CT molecular complexity index is 831. The molecule has 30 heavy (non-hydrogen) atoms. The molecule has 166 valence electrons. The Morgan fingerprint density at radius 1 is 1.00 bits per heavy atom. The van der Waals surface area contributed by atoms with Crippen LogP contribution < -0.4 is 29.7 Å². The summed E-state index contributed by atoms with van der Waals surface area (Å²) in [6.07, 6.45) is 0. The van der Waals surface area contributed by atoms with E-state index in [1.807, 2.05) is 33.2 Å². The number of nitrogens with zero attached hydrogens (tertiary/aromatic N) is 2. The summed E-state index contributed by atoms with van der Waals surface area (Å²) in [5.74, 6) is 2.40. The van der Waals surface area contributed by atoms with Gasteiger partial charge in [-0.3, -0.25) is 0 Å². The summed E-state index contributed by atoms with van der Waals surface area (Å²) < 4.78 is 16.2. The van der Waals surface area contributed by atoms with Gasteiger partial charge in [0.2, 0.25) is 5.75 Å². The molecule has 0 aliphatic rings. The molecule has 2 aromatic carbocycles. The number of hydrogen-bond acceptors (Lipinski definition) is 5. The topological polar surface area (TPSA) is 67.4 Å². The summed E-state index contributed by atoms with van der Waals surface area (Å²) in [7, 11) is 8.86. The van der Waals surface area contributed by atoms with E-state index in [0.717, 1.165) is 12.2 Å². The average Bonchev–Trinajstić information content (AvgIpc) is 2.71. The predicted octanol–water partition coefficient (Wildman–Crippen LogP) is 4.28. The van der Waals surface area contributed by atoms with Crippen molar-refractivity contribution in [3.63, 3.8) is 0 Å². The Morgan fingerprint density at radius 3 is 2.10 bits per heavy atom. The zero-order chi connectivity index (χ0) is 21.4. The largest absolute Gasteiger partial charge is 0.493 e. The zero-order valence-corrected chi connectivity index (χ0v) is 21.2. The second-order valence-electron chi connectivity index (χ2n) is 6.74. The number of rotatable bonds is 8. The zero-order valence-electron chi connectivity index (χ0n) is 18.8. The average molecular weight is 528 g/mol. The Balaban J connectivity index is 0.00000450. The number of anilines is 2. The maximum atomic E-state index is 5.43. The van der Waals surface area contributed by atoms with Gasteiger partial charge in [0.1, 0.15) is 0 Å². The highest BCUT2D eigenvalue weighted by atomic mass is 127. The minimum atomic E-state index is 0. The van der Waals surface area contributed by atoms with Gasteiger partial charge in [0.15, 0.2) is 17.5 Å². The number of benzene rings is 2. The number of aliphatic imine (C=N–C) groups is 1. The summed E-state index contributed by atoms with van der Waals surface area (Å²) in [5, 5.41) is 6.59. The highest BCUT2D eigenvalue weighted by Gasteiger charge is 2.14. The number of ether oxygens (including phenoxy) is 3. The molecule has 0 aromatic heterocycles. The molecule has 0 saturated heterocycles. The van der Waals surface area contributed by atoms with E-state index in [1.54, 1.807) is 21.3 Å². The molecule has 0 heterocycles. The quantitative estimate of drug-likeness (QED) is 0.303. The molecule has 8 heteroatoms. The SMILES string of the molecule is CCNC(=NCc1ccc(N(C)C)cc1C)Nc1cc(OC)c(OC)c(OC)c1.I. The molecule has 0 saturated carbocycles. The fourth-order valence-electron chi connectivity index (χ4n) is 2.90. The van der Waals surface area contributed by atoms with E-state index in [2.05, 4.69) is 40.7 Å². The molecular weight excluding hydrogens is 495 g/mol. The first-order chi connectivity index (χ1) is 13.9. The van der Waals surface area contributed by atoms with E-state index in [1.165, 1.54) is 16.8 Å². The summed E-state index contributed by atoms with van der Waals surface area (Å²) in [6.45, 7) is 5.45. The smallest absolute Gasteiger partial charge is 0.203 e. The van der Waals surface area contributed by atoms with Gasteiger partial charge in [-0.1, -0.05) is 6.07 Å². The summed E-state index contributed by atoms with van der Waals surface area (Å²) in [6, 6.07) is 10.1. The Morgan fingerprint density at radius 2 is 1.63 bits per heavy atom. The Labute approximate surface area is 196 Å². The van der Waals surface area contributed by atoms with Gasteiger partial charge < -0.3 is 29.7 Å². The van der Waals surface area contributed by atoms with Gasteiger partial charge in [-0.15, -0.1) is 24.0 Å². The van der Waals surface area contributed by atoms with Crippen LogP contribution >= 0.6 is 24.0 Å². The van der Waals surface area contributed by atoms with Crippen molar-refractivity contribution in [1.29, 1.82) is 0 Å². The monoisotopic (exact) mass is 528 g/mol. The lowest BCUT2D eigenvalue weighted by Crippen LogP contribution is -2.30. The maximum absolute atomic E-state index is 5.43. The van der Waals surface area contributed by atoms with Crippen LogP contribution in [0.2, 0.25) is 0 Å². The van der Waals surface area contributed by atoms with Crippen LogP contribution in [0.4, 0.5) is 11.4 Å². The second-order valence-corrected chi connectivity index (χ2v) is 6.74. The molecule has 0 aliphatic carbocycles. The second kappa shape index (κ2) is 12.4. The van der Waals surface area contributed by atoms with Gasteiger partial charge in [-0.2, -0.15) is 0 Å². The number of guanidine groups is 1. The lowest BCUT2D eigenvalue weighted by Gasteiger charge is -2.17. The highest BCUT2D eigenvalue weighted by molar-refractivity contribution is 14.0. The first-order valence-electron chi connectivity index (χ1n) is 9.55. The lowest BCUT2D eigenvalue weighted by molar-refractivity contribution is 0.324. The van der Waals surface area contributed by atoms with Gasteiger partial charge in [0.25, 0.3) is 0 Å². The van der Waals surface area contributed by atoms with Crippen LogP contribution in [-0.2, 0) is 6.54 Å². The van der Waals surface area contributed by atoms with Crippen molar-refractivity contribution < 1.29 is 14.2 Å². The predicted molar refractivity (Wildman–Crippen MR) is 135 cm³/mol. The Kier molecular flexibility index (Phi) is 10.6. The molecule has 2 aromatic rings. The molecule has 0 spiro atoms. The highest BCUT2D eigenvalue weighted by Crippen LogP contribution is 2.39. The van der Waals surface area contributed by atoms with Crippen molar-refractivity contribution in [2.45, 2.75) is 20.4 Å². The van der Waals surface area contributed by atoms with E-state index in [4.69, 9.17) is 19.2 Å². The van der Waals surface area contributed by atoms with E-state index < -0.39 is 0 Å². The molecule has 0 atom stereocenters. The molecule has 0 radical (unpaired) electrons. The summed E-state index contributed by atoms with van der Waals surface area (Å²) >= 11 is 0. The normalized spacial score (nSPS) is 10.7. The minimum absolute atomic E-state index is 0. The minimum Gasteiger partial charge on any atom is -0.493 e. The van der Waals surface area contributed by atoms with Gasteiger partial charge in [-0.05, 0) is 37.1 Å². The van der Waals surface area contributed by atoms with Crippen LogP contribution in [0.3, 0.4) is 0 Å². The molecule has 2 rings (SSSR count). The van der Waals surface area contributed by atoms with E-state index in [9.17, 15) is 0 Å². The van der Waals surface area contributed by atoms with Gasteiger partial charge in [-0.25, -0.2) is 4.99 Å². The molecular formula is C22H33IN4O3. The first-order valence-corrected chi connectivity index (χ1v) is 9.55. The Hall–Kier alpha value is -2.36. The third kappa shape index (κ3) is 6.58. The molecule has 0 aliphatic heterocycles. The summed E-state index contributed by atoms with van der Waals surface area (Å²) in [4.78, 5) is 6.83. The molecule has 0 bridgehead atoms. The number of aryl methyl sites for hydroxylation is 1. The van der Waals surface area contributed by atoms with Crippen LogP contribution in [0.5, 0.6) is 17.2 Å². The third-order valence-electron chi connectivity index (χ3n) is 4.52. The number of nitrogens with one attached hydrogen (secondary N) is 2. The lowest BCUT2D eigenvalue weighted by atomic mass is 10.1. The van der Waals surface area contributed by atoms with E-state index >= 15 is 0 Å². The maximum Gasteiger partial charge on any atom is 0.203 e. The van der Waals surface area contributed by atoms with Gasteiger partial charge in [0, 0.05) is 44.1 Å². The van der Waals surface area contributed by atoms with Crippen LogP contribution in [0, 0.1) is 6.92 Å². The molecule has 0 amide bonds. The van der Waals surface area contributed by atoms with Crippen LogP contribution in [0.25, 0.3) is 0 Å². The first kappa shape index (κ1) is 25.7. The molecule has 0 unspecified atom stereocenters. The third-order valence-corrected chi connectivity index (χ3v) is 4.52. The standard InChI is InChI=1S/C22H32N4O3.HI/c1-8-23-22(24-14-16-9-10-18(26(3)4)11-15(16)2)25-17-12-19(27-5)21(29-7)20(13-17)28-6;/h9-13H,8,14H2,1-7H3,(H2,23,24,25);1H. The van der Waals surface area contributed by atoms with Crippen LogP contribution in [0.1, 0.15) is 18.1 Å². The van der Waals surface area contributed by atoms with Crippen LogP contribution in [-0.4, -0.2) is 47.9 Å². The molecule has 7 nitrogen and oxygen atoms in total. The number of halogens is 1. The van der Waals surface area contributed by atoms with E-state index in [0.29, 0.717) is 29.8 Å². The number of hydrogen-bond donors (Lipinski definition) is 2. The van der Waals surface area contributed by atoms with Crippen molar-refractivity contribution in [1.82, 2.24) is 5.32 Å². The van der Waals surface area contributed by atoms with Crippen molar-refractivity contribution >= 4 is 41.3 Å². The van der Waals surface area contributed by atoms with Crippen molar-refractivity contribution in [2.75, 3.05) is 52.2 Å². The van der Waals surface area contributed by atoms with E-state index in [-0.39, 0.29) is 24.0 Å². The van der Waals surface area contributed by atoms with Crippen molar-refractivity contribution in [2.24, 2.45) is 4.99 Å².